The Balaban J connectivity index is 2.05. The van der Waals surface area contributed by atoms with Crippen molar-refractivity contribution in [3.8, 4) is 0 Å². The molecule has 0 aliphatic rings. The molecule has 1 amide bonds. The lowest BCUT2D eigenvalue weighted by Gasteiger charge is -2.03. The minimum absolute atomic E-state index is 0.254. The normalized spacial score (nSPS) is 11.1. The van der Waals surface area contributed by atoms with Gasteiger partial charge in [0.25, 0.3) is 5.91 Å². The average molecular weight is 297 g/mol. The van der Waals surface area contributed by atoms with Gasteiger partial charge in [-0.2, -0.15) is 5.10 Å². The van der Waals surface area contributed by atoms with Gasteiger partial charge >= 0.3 is 0 Å². The predicted molar refractivity (Wildman–Crippen MR) is 86.3 cm³/mol. The van der Waals surface area contributed by atoms with Crippen molar-refractivity contribution in [1.29, 1.82) is 0 Å². The molecule has 5 nitrogen and oxygen atoms in total. The smallest absolute Gasteiger partial charge is 0.292 e. The van der Waals surface area contributed by atoms with E-state index in [9.17, 15) is 4.79 Å². The Labute approximate surface area is 128 Å². The second-order valence-corrected chi connectivity index (χ2v) is 5.71. The molecule has 1 aromatic carbocycles. The molecule has 0 aliphatic heterocycles. The number of furan rings is 1. The van der Waals surface area contributed by atoms with Gasteiger partial charge in [-0.15, -0.1) is 0 Å². The van der Waals surface area contributed by atoms with E-state index in [0.717, 1.165) is 33.4 Å². The van der Waals surface area contributed by atoms with Crippen molar-refractivity contribution in [3.63, 3.8) is 0 Å². The van der Waals surface area contributed by atoms with E-state index in [-0.39, 0.29) is 5.91 Å². The molecular weight excluding hydrogens is 278 g/mol. The number of fused-ring (bicyclic) bond motifs is 1. The number of benzene rings is 1. The molecule has 3 rings (SSSR count). The first-order chi connectivity index (χ1) is 10.4. The molecule has 0 saturated heterocycles. The van der Waals surface area contributed by atoms with Gasteiger partial charge in [0.2, 0.25) is 0 Å². The molecule has 2 aromatic heterocycles. The summed E-state index contributed by atoms with van der Waals surface area (Å²) in [6.45, 7) is 7.81. The number of carbonyl (C=O) groups excluding carboxylic acids is 1. The second kappa shape index (κ2) is 5.02. The number of aryl methyl sites for hydroxylation is 5. The average Bonchev–Trinajstić information content (AvgIpc) is 2.95. The predicted octanol–water partition coefficient (Wildman–Crippen LogP) is 3.65. The Morgan fingerprint density at radius 1 is 1.18 bits per heavy atom. The van der Waals surface area contributed by atoms with E-state index < -0.39 is 0 Å². The number of carbonyl (C=O) groups is 1. The molecule has 0 unspecified atom stereocenters. The zero-order valence-electron chi connectivity index (χ0n) is 13.4. The zero-order chi connectivity index (χ0) is 16.0. The molecule has 0 atom stereocenters. The molecule has 0 saturated carbocycles. The molecule has 5 heteroatoms. The second-order valence-electron chi connectivity index (χ2n) is 5.71. The van der Waals surface area contributed by atoms with Crippen LogP contribution in [-0.2, 0) is 7.05 Å². The van der Waals surface area contributed by atoms with Crippen LogP contribution in [0.5, 0.6) is 0 Å². The third kappa shape index (κ3) is 2.19. The maximum absolute atomic E-state index is 12.5. The summed E-state index contributed by atoms with van der Waals surface area (Å²) in [6.07, 6.45) is 0. The van der Waals surface area contributed by atoms with Crippen molar-refractivity contribution >= 4 is 22.7 Å². The standard InChI is InChI=1S/C17H19N3O2/c1-9-6-7-10(2)15-14(9)12(4)16(22-15)17(21)18-13-8-11(3)19-20(13)5/h6-8H,1-5H3,(H,18,21). The largest absolute Gasteiger partial charge is 0.450 e. The number of aromatic nitrogens is 2. The van der Waals surface area contributed by atoms with Crippen LogP contribution in [-0.4, -0.2) is 15.7 Å². The highest BCUT2D eigenvalue weighted by molar-refractivity contribution is 6.06. The summed E-state index contributed by atoms with van der Waals surface area (Å²) in [4.78, 5) is 12.5. The van der Waals surface area contributed by atoms with E-state index in [2.05, 4.69) is 10.4 Å². The summed E-state index contributed by atoms with van der Waals surface area (Å²) in [6, 6.07) is 5.88. The van der Waals surface area contributed by atoms with Crippen molar-refractivity contribution in [3.05, 3.63) is 46.3 Å². The summed E-state index contributed by atoms with van der Waals surface area (Å²) in [7, 11) is 1.79. The fourth-order valence-corrected chi connectivity index (χ4v) is 2.79. The molecule has 0 bridgehead atoms. The van der Waals surface area contributed by atoms with Crippen LogP contribution in [0.1, 0.15) is 32.9 Å². The molecule has 3 aromatic rings. The van der Waals surface area contributed by atoms with Gasteiger partial charge in [0.1, 0.15) is 11.4 Å². The number of nitrogens with zero attached hydrogens (tertiary/aromatic N) is 2. The van der Waals surface area contributed by atoms with E-state index >= 15 is 0 Å². The van der Waals surface area contributed by atoms with Crippen LogP contribution < -0.4 is 5.32 Å². The van der Waals surface area contributed by atoms with E-state index in [0.29, 0.717) is 11.6 Å². The van der Waals surface area contributed by atoms with Crippen LogP contribution in [0.15, 0.2) is 22.6 Å². The van der Waals surface area contributed by atoms with E-state index in [1.165, 1.54) is 0 Å². The van der Waals surface area contributed by atoms with Crippen LogP contribution in [0.3, 0.4) is 0 Å². The summed E-state index contributed by atoms with van der Waals surface area (Å²) < 4.78 is 7.49. The monoisotopic (exact) mass is 297 g/mol. The lowest BCUT2D eigenvalue weighted by atomic mass is 10.0. The first-order valence-corrected chi connectivity index (χ1v) is 7.19. The van der Waals surface area contributed by atoms with Crippen molar-refractivity contribution in [1.82, 2.24) is 9.78 Å². The molecule has 22 heavy (non-hydrogen) atoms. The summed E-state index contributed by atoms with van der Waals surface area (Å²) in [5, 5.41) is 8.10. The number of anilines is 1. The van der Waals surface area contributed by atoms with Crippen LogP contribution >= 0.6 is 0 Å². The third-order valence-electron chi connectivity index (χ3n) is 3.93. The van der Waals surface area contributed by atoms with Gasteiger partial charge in [0.05, 0.1) is 5.69 Å². The molecule has 2 heterocycles. The van der Waals surface area contributed by atoms with E-state index in [4.69, 9.17) is 4.42 Å². The fourth-order valence-electron chi connectivity index (χ4n) is 2.79. The Hall–Kier alpha value is -2.56. The number of amides is 1. The Morgan fingerprint density at radius 2 is 1.86 bits per heavy atom. The highest BCUT2D eigenvalue weighted by Crippen LogP contribution is 2.31. The Morgan fingerprint density at radius 3 is 2.45 bits per heavy atom. The van der Waals surface area contributed by atoms with Crippen molar-refractivity contribution in [2.75, 3.05) is 5.32 Å². The highest BCUT2D eigenvalue weighted by Gasteiger charge is 2.20. The van der Waals surface area contributed by atoms with Crippen LogP contribution in [0.4, 0.5) is 5.82 Å². The van der Waals surface area contributed by atoms with Gasteiger partial charge < -0.3 is 9.73 Å². The third-order valence-corrected chi connectivity index (χ3v) is 3.93. The minimum atomic E-state index is -0.254. The molecule has 0 radical (unpaired) electrons. The van der Waals surface area contributed by atoms with Crippen LogP contribution in [0.25, 0.3) is 11.0 Å². The molecule has 1 N–H and O–H groups in total. The van der Waals surface area contributed by atoms with Gasteiger partial charge in [0.15, 0.2) is 5.76 Å². The number of hydrogen-bond acceptors (Lipinski definition) is 3. The molecule has 0 fully saturated rings. The highest BCUT2D eigenvalue weighted by atomic mass is 16.3. The first-order valence-electron chi connectivity index (χ1n) is 7.19. The fraction of sp³-hybridized carbons (Fsp3) is 0.294. The van der Waals surface area contributed by atoms with Gasteiger partial charge in [0, 0.05) is 24.1 Å². The van der Waals surface area contributed by atoms with Crippen molar-refractivity contribution < 1.29 is 9.21 Å². The number of hydrogen-bond donors (Lipinski definition) is 1. The van der Waals surface area contributed by atoms with Gasteiger partial charge in [-0.3, -0.25) is 9.48 Å². The lowest BCUT2D eigenvalue weighted by molar-refractivity contribution is 0.0997. The van der Waals surface area contributed by atoms with Crippen molar-refractivity contribution in [2.45, 2.75) is 27.7 Å². The summed E-state index contributed by atoms with van der Waals surface area (Å²) in [5.74, 6) is 0.748. The van der Waals surface area contributed by atoms with Crippen LogP contribution in [0.2, 0.25) is 0 Å². The van der Waals surface area contributed by atoms with Crippen molar-refractivity contribution in [2.24, 2.45) is 7.05 Å². The van der Waals surface area contributed by atoms with E-state index in [1.54, 1.807) is 11.7 Å². The number of nitrogens with one attached hydrogen (secondary N) is 1. The number of rotatable bonds is 2. The molecule has 0 spiro atoms. The summed E-state index contributed by atoms with van der Waals surface area (Å²) in [5.41, 5.74) is 4.64. The zero-order valence-corrected chi connectivity index (χ0v) is 13.4. The summed E-state index contributed by atoms with van der Waals surface area (Å²) >= 11 is 0. The quantitative estimate of drug-likeness (QED) is 0.785. The molecule has 0 aliphatic carbocycles. The molecule has 114 valence electrons. The maximum Gasteiger partial charge on any atom is 0.292 e. The van der Waals surface area contributed by atoms with Crippen LogP contribution in [0, 0.1) is 27.7 Å². The Bertz CT molecular complexity index is 887. The first kappa shape index (κ1) is 14.4. The maximum atomic E-state index is 12.5. The Kier molecular flexibility index (Phi) is 3.28. The minimum Gasteiger partial charge on any atom is -0.450 e. The lowest BCUT2D eigenvalue weighted by Crippen LogP contribution is -2.14. The van der Waals surface area contributed by atoms with Gasteiger partial charge in [-0.25, -0.2) is 0 Å². The van der Waals surface area contributed by atoms with E-state index in [1.807, 2.05) is 45.9 Å². The van der Waals surface area contributed by atoms with Gasteiger partial charge in [-0.05, 0) is 38.8 Å². The SMILES string of the molecule is Cc1cc(NC(=O)c2oc3c(C)ccc(C)c3c2C)n(C)n1. The molecular formula is C17H19N3O2. The van der Waals surface area contributed by atoms with Gasteiger partial charge in [-0.1, -0.05) is 12.1 Å². The topological polar surface area (TPSA) is 60.1 Å².